The molecule has 0 heterocycles. The van der Waals surface area contributed by atoms with Crippen LogP contribution in [0.1, 0.15) is 18.1 Å². The Morgan fingerprint density at radius 1 is 1.07 bits per heavy atom. The largest absolute Gasteiger partial charge is 0.497 e. The van der Waals surface area contributed by atoms with E-state index < -0.39 is 0 Å². The summed E-state index contributed by atoms with van der Waals surface area (Å²) in [5.41, 5.74) is 3.73. The van der Waals surface area contributed by atoms with E-state index in [9.17, 15) is 0 Å². The van der Waals surface area contributed by atoms with Crippen LogP contribution in [0.4, 0.5) is 0 Å². The molecule has 1 aliphatic rings. The SMILES string of the molecule is COc1ccc2c(c1)/C=C/C=C/C=C\2C. The fraction of sp³-hybridized carbons (Fsp3) is 0.143. The summed E-state index contributed by atoms with van der Waals surface area (Å²) in [5.74, 6) is 0.899. The first-order chi connectivity index (χ1) is 7.31. The summed E-state index contributed by atoms with van der Waals surface area (Å²) >= 11 is 0. The van der Waals surface area contributed by atoms with Gasteiger partial charge in [-0.1, -0.05) is 36.4 Å². The van der Waals surface area contributed by atoms with Crippen molar-refractivity contribution in [2.45, 2.75) is 6.92 Å². The first-order valence-electron chi connectivity index (χ1n) is 5.01. The Morgan fingerprint density at radius 3 is 2.73 bits per heavy atom. The molecule has 0 saturated heterocycles. The molecule has 2 rings (SSSR count). The lowest BCUT2D eigenvalue weighted by molar-refractivity contribution is 0.414. The average molecular weight is 198 g/mol. The lowest BCUT2D eigenvalue weighted by Crippen LogP contribution is -1.89. The molecule has 0 aromatic heterocycles. The van der Waals surface area contributed by atoms with Gasteiger partial charge in [0.05, 0.1) is 7.11 Å². The van der Waals surface area contributed by atoms with Crippen LogP contribution in [0.3, 0.4) is 0 Å². The predicted octanol–water partition coefficient (Wildman–Crippen LogP) is 3.68. The first kappa shape index (κ1) is 9.78. The highest BCUT2D eigenvalue weighted by Gasteiger charge is 2.03. The number of methoxy groups -OCH3 is 1. The minimum Gasteiger partial charge on any atom is -0.497 e. The van der Waals surface area contributed by atoms with E-state index in [-0.39, 0.29) is 0 Å². The summed E-state index contributed by atoms with van der Waals surface area (Å²) in [6.45, 7) is 2.12. The fourth-order valence-electron chi connectivity index (χ4n) is 1.68. The number of allylic oxidation sites excluding steroid dienone is 5. The Labute approximate surface area is 90.4 Å². The Balaban J connectivity index is 2.56. The second-order valence-corrected chi connectivity index (χ2v) is 3.55. The van der Waals surface area contributed by atoms with E-state index in [1.165, 1.54) is 16.7 Å². The minimum absolute atomic E-state index is 0.899. The Morgan fingerprint density at radius 2 is 1.93 bits per heavy atom. The van der Waals surface area contributed by atoms with Crippen LogP contribution in [0.15, 0.2) is 42.5 Å². The van der Waals surface area contributed by atoms with Crippen molar-refractivity contribution in [1.29, 1.82) is 0 Å². The Kier molecular flexibility index (Phi) is 2.72. The molecule has 0 N–H and O–H groups in total. The summed E-state index contributed by atoms with van der Waals surface area (Å²) in [6, 6.07) is 6.15. The molecule has 0 bridgehead atoms. The van der Waals surface area contributed by atoms with Gasteiger partial charge in [-0.2, -0.15) is 0 Å². The van der Waals surface area contributed by atoms with Gasteiger partial charge in [0, 0.05) is 0 Å². The fourth-order valence-corrected chi connectivity index (χ4v) is 1.68. The van der Waals surface area contributed by atoms with Crippen molar-refractivity contribution >= 4 is 11.6 Å². The van der Waals surface area contributed by atoms with Crippen LogP contribution in [0.2, 0.25) is 0 Å². The molecule has 0 aliphatic heterocycles. The van der Waals surface area contributed by atoms with Gasteiger partial charge in [-0.25, -0.2) is 0 Å². The maximum atomic E-state index is 5.22. The zero-order valence-electron chi connectivity index (χ0n) is 9.03. The van der Waals surface area contributed by atoms with Crippen molar-refractivity contribution in [2.75, 3.05) is 7.11 Å². The summed E-state index contributed by atoms with van der Waals surface area (Å²) in [4.78, 5) is 0. The van der Waals surface area contributed by atoms with Crippen molar-refractivity contribution in [3.63, 3.8) is 0 Å². The molecule has 15 heavy (non-hydrogen) atoms. The predicted molar refractivity (Wildman–Crippen MR) is 64.8 cm³/mol. The molecule has 0 radical (unpaired) electrons. The number of hydrogen-bond donors (Lipinski definition) is 0. The molecule has 0 amide bonds. The smallest absolute Gasteiger partial charge is 0.119 e. The highest BCUT2D eigenvalue weighted by Crippen LogP contribution is 2.25. The molecule has 1 heteroatoms. The van der Waals surface area contributed by atoms with Gasteiger partial charge >= 0.3 is 0 Å². The quantitative estimate of drug-likeness (QED) is 0.668. The minimum atomic E-state index is 0.899. The lowest BCUT2D eigenvalue weighted by Gasteiger charge is -2.09. The molecule has 76 valence electrons. The van der Waals surface area contributed by atoms with Crippen molar-refractivity contribution in [1.82, 2.24) is 0 Å². The molecule has 1 aliphatic carbocycles. The van der Waals surface area contributed by atoms with Crippen LogP contribution in [0, 0.1) is 0 Å². The van der Waals surface area contributed by atoms with E-state index in [2.05, 4.69) is 37.3 Å². The van der Waals surface area contributed by atoms with E-state index in [4.69, 9.17) is 4.74 Å². The second kappa shape index (κ2) is 4.18. The molecule has 0 atom stereocenters. The van der Waals surface area contributed by atoms with Crippen LogP contribution < -0.4 is 4.74 Å². The van der Waals surface area contributed by atoms with Crippen LogP contribution in [0.5, 0.6) is 5.75 Å². The summed E-state index contributed by atoms with van der Waals surface area (Å²) in [7, 11) is 1.69. The second-order valence-electron chi connectivity index (χ2n) is 3.55. The first-order valence-corrected chi connectivity index (χ1v) is 5.01. The average Bonchev–Trinajstić information content (AvgIpc) is 2.25. The highest BCUT2D eigenvalue weighted by molar-refractivity contribution is 5.76. The molecule has 0 fully saturated rings. The van der Waals surface area contributed by atoms with Gasteiger partial charge in [0.15, 0.2) is 0 Å². The molecular weight excluding hydrogens is 184 g/mol. The van der Waals surface area contributed by atoms with Gasteiger partial charge in [0.2, 0.25) is 0 Å². The third kappa shape index (κ3) is 2.01. The molecule has 0 spiro atoms. The van der Waals surface area contributed by atoms with Gasteiger partial charge < -0.3 is 4.74 Å². The van der Waals surface area contributed by atoms with E-state index in [0.717, 1.165) is 5.75 Å². The van der Waals surface area contributed by atoms with Crippen molar-refractivity contribution in [3.8, 4) is 5.75 Å². The number of hydrogen-bond acceptors (Lipinski definition) is 1. The van der Waals surface area contributed by atoms with E-state index in [0.29, 0.717) is 0 Å². The van der Waals surface area contributed by atoms with Gasteiger partial charge in [0.25, 0.3) is 0 Å². The zero-order valence-corrected chi connectivity index (χ0v) is 9.03. The number of fused-ring (bicyclic) bond motifs is 1. The van der Waals surface area contributed by atoms with Crippen molar-refractivity contribution < 1.29 is 4.74 Å². The standard InChI is InChI=1S/C14H14O/c1-11-6-4-3-5-7-12-10-13(15-2)8-9-14(11)12/h3-10H,1-2H3/b4-3+,5-3?,6-4?,7-5+,11-6-,12-7?,14-11?. The molecule has 0 unspecified atom stereocenters. The summed E-state index contributed by atoms with van der Waals surface area (Å²) in [6.07, 6.45) is 10.4. The number of benzene rings is 1. The number of ether oxygens (including phenoxy) is 1. The highest BCUT2D eigenvalue weighted by atomic mass is 16.5. The van der Waals surface area contributed by atoms with Crippen LogP contribution in [-0.2, 0) is 0 Å². The monoisotopic (exact) mass is 198 g/mol. The number of rotatable bonds is 1. The molecule has 1 aromatic rings. The van der Waals surface area contributed by atoms with Crippen molar-refractivity contribution in [2.24, 2.45) is 0 Å². The van der Waals surface area contributed by atoms with E-state index in [1.54, 1.807) is 7.11 Å². The third-order valence-corrected chi connectivity index (χ3v) is 2.53. The Bertz CT molecular complexity index is 450. The normalized spacial score (nSPS) is 21.6. The molecular formula is C14H14O. The van der Waals surface area contributed by atoms with Crippen LogP contribution in [0.25, 0.3) is 11.6 Å². The lowest BCUT2D eigenvalue weighted by atomic mass is 9.98. The zero-order chi connectivity index (χ0) is 10.7. The topological polar surface area (TPSA) is 9.23 Å². The molecule has 0 saturated carbocycles. The maximum absolute atomic E-state index is 5.22. The van der Waals surface area contributed by atoms with Gasteiger partial charge in [-0.15, -0.1) is 0 Å². The maximum Gasteiger partial charge on any atom is 0.119 e. The van der Waals surface area contributed by atoms with Gasteiger partial charge in [0.1, 0.15) is 5.75 Å². The van der Waals surface area contributed by atoms with Gasteiger partial charge in [-0.3, -0.25) is 0 Å². The van der Waals surface area contributed by atoms with Crippen LogP contribution >= 0.6 is 0 Å². The van der Waals surface area contributed by atoms with Crippen molar-refractivity contribution in [3.05, 3.63) is 53.6 Å². The Hall–Kier alpha value is -1.76. The van der Waals surface area contributed by atoms with Crippen LogP contribution in [-0.4, -0.2) is 7.11 Å². The molecule has 1 nitrogen and oxygen atoms in total. The summed E-state index contributed by atoms with van der Waals surface area (Å²) < 4.78 is 5.22. The summed E-state index contributed by atoms with van der Waals surface area (Å²) in [5, 5.41) is 0. The van der Waals surface area contributed by atoms with E-state index in [1.807, 2.05) is 18.2 Å². The van der Waals surface area contributed by atoms with E-state index >= 15 is 0 Å². The van der Waals surface area contributed by atoms with Gasteiger partial charge in [-0.05, 0) is 35.8 Å². The molecule has 1 aromatic carbocycles. The third-order valence-electron chi connectivity index (χ3n) is 2.53.